The van der Waals surface area contributed by atoms with E-state index in [0.717, 1.165) is 0 Å². The molecule has 0 saturated heterocycles. The molecule has 7 rings (SSSR count). The molecule has 0 atom stereocenters. The van der Waals surface area contributed by atoms with Crippen LogP contribution >= 0.6 is 11.3 Å². The normalized spacial score (nSPS) is 10.8. The first-order valence-electron chi connectivity index (χ1n) is 13.6. The van der Waals surface area contributed by atoms with Crippen molar-refractivity contribution in [3.8, 4) is 43.1 Å². The summed E-state index contributed by atoms with van der Waals surface area (Å²) in [6.07, 6.45) is 0. The molecule has 0 N–H and O–H groups in total. The second-order valence-electron chi connectivity index (χ2n) is 9.32. The van der Waals surface area contributed by atoms with Crippen molar-refractivity contribution < 1.29 is 0 Å². The van der Waals surface area contributed by atoms with Gasteiger partial charge >= 0.3 is 0 Å². The second-order valence-corrected chi connectivity index (χ2v) is 10.4. The summed E-state index contributed by atoms with van der Waals surface area (Å²) in [4.78, 5) is 2.58. The third kappa shape index (κ3) is 4.67. The third-order valence-corrected chi connectivity index (χ3v) is 8.28. The smallest absolute Gasteiger partial charge is 0.0349 e. The second kappa shape index (κ2) is 11.1. The van der Waals surface area contributed by atoms with Crippen LogP contribution in [0.4, 0.5) is 0 Å². The van der Waals surface area contributed by atoms with E-state index in [1.165, 1.54) is 64.7 Å². The van der Waals surface area contributed by atoms with Crippen LogP contribution < -0.4 is 0 Å². The molecule has 0 unspecified atom stereocenters. The van der Waals surface area contributed by atoms with Gasteiger partial charge in [-0.3, -0.25) is 0 Å². The molecule has 188 valence electrons. The van der Waals surface area contributed by atoms with Crippen LogP contribution in [0.1, 0.15) is 13.8 Å². The molecule has 1 aromatic heterocycles. The van der Waals surface area contributed by atoms with Crippen molar-refractivity contribution in [1.29, 1.82) is 0 Å². The first kappa shape index (κ1) is 24.9. The average molecular weight is 519 g/mol. The molecule has 0 saturated carbocycles. The summed E-state index contributed by atoms with van der Waals surface area (Å²) in [5.41, 5.74) is 7.62. The van der Waals surface area contributed by atoms with Gasteiger partial charge < -0.3 is 0 Å². The summed E-state index contributed by atoms with van der Waals surface area (Å²) >= 11 is 1.85. The van der Waals surface area contributed by atoms with Crippen LogP contribution in [0.2, 0.25) is 0 Å². The Labute approximate surface area is 234 Å². The number of fused-ring (bicyclic) bond motifs is 2. The molecule has 6 aromatic carbocycles. The highest BCUT2D eigenvalue weighted by Crippen LogP contribution is 2.44. The van der Waals surface area contributed by atoms with Gasteiger partial charge in [0, 0.05) is 9.75 Å². The SMILES string of the molecule is CC.c1ccc(-c2ccc(-c3cccc(-c4c5ccccc5c(-c5ccccc5)c5ccccc45)c3)s2)cc1. The Morgan fingerprint density at radius 3 is 1.26 bits per heavy atom. The molecule has 0 aliphatic carbocycles. The number of rotatable bonds is 4. The van der Waals surface area contributed by atoms with E-state index in [9.17, 15) is 0 Å². The molecule has 0 aliphatic rings. The van der Waals surface area contributed by atoms with Crippen molar-refractivity contribution in [3.05, 3.63) is 146 Å². The highest BCUT2D eigenvalue weighted by molar-refractivity contribution is 7.18. The van der Waals surface area contributed by atoms with Crippen molar-refractivity contribution in [2.75, 3.05) is 0 Å². The van der Waals surface area contributed by atoms with E-state index >= 15 is 0 Å². The Morgan fingerprint density at radius 1 is 0.333 bits per heavy atom. The summed E-state index contributed by atoms with van der Waals surface area (Å²) in [5.74, 6) is 0. The van der Waals surface area contributed by atoms with Crippen LogP contribution in [0.15, 0.2) is 146 Å². The number of thiophene rings is 1. The summed E-state index contributed by atoms with van der Waals surface area (Å²) in [5, 5.41) is 5.15. The van der Waals surface area contributed by atoms with Gasteiger partial charge in [0.2, 0.25) is 0 Å². The molecule has 39 heavy (non-hydrogen) atoms. The lowest BCUT2D eigenvalue weighted by atomic mass is 9.85. The Kier molecular flexibility index (Phi) is 7.08. The Balaban J connectivity index is 0.00000135. The van der Waals surface area contributed by atoms with Gasteiger partial charge in [-0.1, -0.05) is 141 Å². The standard InChI is InChI=1S/C36H24S.C2H6/c1-3-12-25(13-4-1)33-22-23-34(37-33)27-16-11-17-28(24-27)36-31-20-9-7-18-29(31)35(26-14-5-2-6-15-26)30-19-8-10-21-32(30)36;1-2/h1-24H;1-2H3. The summed E-state index contributed by atoms with van der Waals surface area (Å²) in [7, 11) is 0. The minimum atomic E-state index is 1.25. The molecular formula is C38H30S. The highest BCUT2D eigenvalue weighted by atomic mass is 32.1. The summed E-state index contributed by atoms with van der Waals surface area (Å²) < 4.78 is 0. The van der Waals surface area contributed by atoms with Gasteiger partial charge in [-0.2, -0.15) is 0 Å². The molecule has 0 spiro atoms. The Hall–Kier alpha value is -4.46. The fourth-order valence-electron chi connectivity index (χ4n) is 5.43. The van der Waals surface area contributed by atoms with Gasteiger partial charge in [-0.05, 0) is 73.1 Å². The zero-order valence-electron chi connectivity index (χ0n) is 22.3. The molecule has 0 nitrogen and oxygen atoms in total. The van der Waals surface area contributed by atoms with E-state index in [1.807, 2.05) is 25.2 Å². The Morgan fingerprint density at radius 2 is 0.718 bits per heavy atom. The predicted octanol–water partition coefficient (Wildman–Crippen LogP) is 11.7. The van der Waals surface area contributed by atoms with Gasteiger partial charge in [0.05, 0.1) is 0 Å². The van der Waals surface area contributed by atoms with Crippen molar-refractivity contribution >= 4 is 32.9 Å². The molecular weight excluding hydrogens is 488 g/mol. The quantitative estimate of drug-likeness (QED) is 0.203. The van der Waals surface area contributed by atoms with E-state index < -0.39 is 0 Å². The van der Waals surface area contributed by atoms with Crippen molar-refractivity contribution in [2.45, 2.75) is 13.8 Å². The summed E-state index contributed by atoms with van der Waals surface area (Å²) in [6, 6.07) is 52.6. The lowest BCUT2D eigenvalue weighted by Crippen LogP contribution is -1.90. The van der Waals surface area contributed by atoms with Crippen LogP contribution in [0.25, 0.3) is 64.7 Å². The molecule has 0 aliphatic heterocycles. The maximum Gasteiger partial charge on any atom is 0.0349 e. The molecule has 1 heteroatoms. The molecule has 0 fully saturated rings. The van der Waals surface area contributed by atoms with E-state index in [4.69, 9.17) is 0 Å². The van der Waals surface area contributed by atoms with Gasteiger partial charge in [0.1, 0.15) is 0 Å². The van der Waals surface area contributed by atoms with Crippen LogP contribution in [-0.4, -0.2) is 0 Å². The predicted molar refractivity (Wildman–Crippen MR) is 172 cm³/mol. The first-order valence-corrected chi connectivity index (χ1v) is 14.4. The minimum Gasteiger partial charge on any atom is -0.135 e. The minimum absolute atomic E-state index is 1.25. The number of benzene rings is 6. The van der Waals surface area contributed by atoms with Crippen LogP contribution in [0.5, 0.6) is 0 Å². The van der Waals surface area contributed by atoms with E-state index in [2.05, 4.69) is 146 Å². The zero-order valence-corrected chi connectivity index (χ0v) is 23.1. The Bertz CT molecular complexity index is 1800. The fourth-order valence-corrected chi connectivity index (χ4v) is 6.44. The van der Waals surface area contributed by atoms with Crippen LogP contribution in [0.3, 0.4) is 0 Å². The van der Waals surface area contributed by atoms with Gasteiger partial charge in [0.25, 0.3) is 0 Å². The topological polar surface area (TPSA) is 0 Å². The van der Waals surface area contributed by atoms with Crippen LogP contribution in [-0.2, 0) is 0 Å². The third-order valence-electron chi connectivity index (χ3n) is 7.09. The number of hydrogen-bond donors (Lipinski definition) is 0. The highest BCUT2D eigenvalue weighted by Gasteiger charge is 2.16. The molecule has 7 aromatic rings. The van der Waals surface area contributed by atoms with E-state index in [1.54, 1.807) is 0 Å². The molecule has 0 bridgehead atoms. The van der Waals surface area contributed by atoms with E-state index in [0.29, 0.717) is 0 Å². The maximum atomic E-state index is 2.36. The lowest BCUT2D eigenvalue weighted by Gasteiger charge is -2.18. The van der Waals surface area contributed by atoms with Gasteiger partial charge in [0.15, 0.2) is 0 Å². The molecule has 1 heterocycles. The lowest BCUT2D eigenvalue weighted by molar-refractivity contribution is 1.50. The summed E-state index contributed by atoms with van der Waals surface area (Å²) in [6.45, 7) is 4.00. The van der Waals surface area contributed by atoms with Crippen molar-refractivity contribution in [1.82, 2.24) is 0 Å². The van der Waals surface area contributed by atoms with Crippen molar-refractivity contribution in [2.24, 2.45) is 0 Å². The molecule has 0 amide bonds. The van der Waals surface area contributed by atoms with E-state index in [-0.39, 0.29) is 0 Å². The fraction of sp³-hybridized carbons (Fsp3) is 0.0526. The number of hydrogen-bond acceptors (Lipinski definition) is 1. The molecule has 0 radical (unpaired) electrons. The maximum absolute atomic E-state index is 2.36. The average Bonchev–Trinajstić information content (AvgIpc) is 3.52. The largest absolute Gasteiger partial charge is 0.135 e. The van der Waals surface area contributed by atoms with Crippen molar-refractivity contribution in [3.63, 3.8) is 0 Å². The van der Waals surface area contributed by atoms with Gasteiger partial charge in [-0.25, -0.2) is 0 Å². The monoisotopic (exact) mass is 518 g/mol. The zero-order chi connectivity index (χ0) is 26.6. The van der Waals surface area contributed by atoms with Crippen LogP contribution in [0, 0.1) is 0 Å². The van der Waals surface area contributed by atoms with Gasteiger partial charge in [-0.15, -0.1) is 11.3 Å². The first-order chi connectivity index (χ1) is 19.4.